The van der Waals surface area contributed by atoms with Crippen molar-refractivity contribution in [3.63, 3.8) is 0 Å². The van der Waals surface area contributed by atoms with E-state index in [-0.39, 0.29) is 17.4 Å². The molecule has 5 nitrogen and oxygen atoms in total. The summed E-state index contributed by atoms with van der Waals surface area (Å²) in [5, 5.41) is 3.53. The van der Waals surface area contributed by atoms with Crippen molar-refractivity contribution in [2.75, 3.05) is 20.3 Å². The highest BCUT2D eigenvalue weighted by molar-refractivity contribution is 5.75. The number of nitrogens with zero attached hydrogens (tertiary/aromatic N) is 2. The Bertz CT molecular complexity index is 936. The lowest BCUT2D eigenvalue weighted by atomic mass is 9.53. The third kappa shape index (κ3) is 5.11. The third-order valence-electron chi connectivity index (χ3n) is 7.99. The number of halogens is 1. The van der Waals surface area contributed by atoms with Gasteiger partial charge in [0.25, 0.3) is 0 Å². The molecule has 1 aromatic carbocycles. The van der Waals surface area contributed by atoms with Crippen molar-refractivity contribution in [2.24, 2.45) is 17.8 Å². The molecule has 4 aliphatic rings. The van der Waals surface area contributed by atoms with Gasteiger partial charge in [-0.05, 0) is 92.5 Å². The summed E-state index contributed by atoms with van der Waals surface area (Å²) in [4.78, 5) is 15.5. The molecule has 6 rings (SSSR count). The van der Waals surface area contributed by atoms with Gasteiger partial charge < -0.3 is 19.5 Å². The molecule has 4 aliphatic carbocycles. The quantitative estimate of drug-likeness (QED) is 0.531. The molecule has 4 fully saturated rings. The molecule has 0 atom stereocenters. The van der Waals surface area contributed by atoms with Crippen LogP contribution in [0.3, 0.4) is 0 Å². The number of urea groups is 1. The molecule has 0 radical (unpaired) electrons. The number of carbonyl (C=O) groups excluding carboxylic acids is 1. The van der Waals surface area contributed by atoms with Crippen molar-refractivity contribution < 1.29 is 13.9 Å². The normalized spacial score (nSPS) is 27.6. The molecule has 178 valence electrons. The first-order chi connectivity index (χ1) is 16.0. The highest BCUT2D eigenvalue weighted by atomic mass is 19.1. The Kier molecular flexibility index (Phi) is 6.46. The van der Waals surface area contributed by atoms with Gasteiger partial charge in [0, 0.05) is 44.2 Å². The van der Waals surface area contributed by atoms with E-state index >= 15 is 0 Å². The van der Waals surface area contributed by atoms with Crippen LogP contribution in [0.5, 0.6) is 0 Å². The fraction of sp³-hybridized carbons (Fsp3) is 0.593. The number of amides is 2. The van der Waals surface area contributed by atoms with E-state index in [0.29, 0.717) is 26.2 Å². The highest BCUT2D eigenvalue weighted by Gasteiger charge is 2.51. The smallest absolute Gasteiger partial charge is 0.318 e. The first-order valence-corrected chi connectivity index (χ1v) is 12.5. The van der Waals surface area contributed by atoms with E-state index in [1.54, 1.807) is 19.2 Å². The summed E-state index contributed by atoms with van der Waals surface area (Å²) in [7, 11) is 1.70. The minimum absolute atomic E-state index is 0.00506. The number of hydrogen-bond acceptors (Lipinski definition) is 2. The molecular formula is C27H36FN3O2. The van der Waals surface area contributed by atoms with E-state index in [1.807, 2.05) is 23.2 Å². The summed E-state index contributed by atoms with van der Waals surface area (Å²) >= 11 is 0. The van der Waals surface area contributed by atoms with Gasteiger partial charge in [-0.15, -0.1) is 0 Å². The first kappa shape index (κ1) is 22.5. The average Bonchev–Trinajstić information content (AvgIpc) is 3.18. The Morgan fingerprint density at radius 2 is 1.88 bits per heavy atom. The number of aromatic nitrogens is 1. The summed E-state index contributed by atoms with van der Waals surface area (Å²) in [5.41, 5.74) is 1.96. The Balaban J connectivity index is 1.29. The Morgan fingerprint density at radius 3 is 2.55 bits per heavy atom. The maximum Gasteiger partial charge on any atom is 0.318 e. The standard InChI is InChI=1S/C27H36FN3O2/c1-33-10-4-9-31(19-25-7-3-8-30(25)18-20-5-2-6-24(28)14-20)26(32)29-27-15-21-11-22(16-27)13-23(12-21)17-27/h2-3,5-8,14,21-23H,4,9-13,15-19H2,1H3,(H,29,32). The maximum atomic E-state index is 13.7. The predicted octanol–water partition coefficient (Wildman–Crippen LogP) is 5.19. The second-order valence-corrected chi connectivity index (χ2v) is 10.7. The second-order valence-electron chi connectivity index (χ2n) is 10.7. The van der Waals surface area contributed by atoms with E-state index in [4.69, 9.17) is 4.74 Å². The molecule has 1 N–H and O–H groups in total. The number of methoxy groups -OCH3 is 1. The lowest BCUT2D eigenvalue weighted by Crippen LogP contribution is -2.61. The van der Waals surface area contributed by atoms with E-state index in [2.05, 4.69) is 16.0 Å². The van der Waals surface area contributed by atoms with Crippen LogP contribution in [0.1, 0.15) is 56.2 Å². The molecule has 2 aromatic rings. The van der Waals surface area contributed by atoms with Gasteiger partial charge >= 0.3 is 6.03 Å². The van der Waals surface area contributed by atoms with Gasteiger partial charge in [-0.2, -0.15) is 0 Å². The predicted molar refractivity (Wildman–Crippen MR) is 126 cm³/mol. The van der Waals surface area contributed by atoms with Crippen LogP contribution in [0.2, 0.25) is 0 Å². The lowest BCUT2D eigenvalue weighted by Gasteiger charge is -2.57. The zero-order chi connectivity index (χ0) is 22.8. The molecule has 0 saturated heterocycles. The lowest BCUT2D eigenvalue weighted by molar-refractivity contribution is -0.0159. The van der Waals surface area contributed by atoms with Crippen molar-refractivity contribution >= 4 is 6.03 Å². The summed E-state index contributed by atoms with van der Waals surface area (Å²) in [5.74, 6) is 2.16. The van der Waals surface area contributed by atoms with Crippen LogP contribution in [0, 0.1) is 23.6 Å². The van der Waals surface area contributed by atoms with Crippen molar-refractivity contribution in [1.82, 2.24) is 14.8 Å². The van der Waals surface area contributed by atoms with Crippen LogP contribution in [-0.4, -0.2) is 41.3 Å². The summed E-state index contributed by atoms with van der Waals surface area (Å²) in [6, 6.07) is 10.8. The van der Waals surface area contributed by atoms with E-state index in [0.717, 1.165) is 54.7 Å². The van der Waals surface area contributed by atoms with Gasteiger partial charge in [0.2, 0.25) is 0 Å². The number of ether oxygens (including phenoxy) is 1. The third-order valence-corrected chi connectivity index (χ3v) is 7.99. The summed E-state index contributed by atoms with van der Waals surface area (Å²) in [6.07, 6.45) is 10.3. The van der Waals surface area contributed by atoms with Crippen LogP contribution in [0.4, 0.5) is 9.18 Å². The second kappa shape index (κ2) is 9.49. The van der Waals surface area contributed by atoms with Gasteiger partial charge in [-0.3, -0.25) is 0 Å². The monoisotopic (exact) mass is 453 g/mol. The fourth-order valence-electron chi connectivity index (χ4n) is 7.00. The SMILES string of the molecule is COCCCN(Cc1cccn1Cc1cccc(F)c1)C(=O)NC12CC3CC(CC(C3)C1)C2. The molecular weight excluding hydrogens is 417 g/mol. The summed E-state index contributed by atoms with van der Waals surface area (Å²) < 4.78 is 21.0. The topological polar surface area (TPSA) is 46.5 Å². The zero-order valence-corrected chi connectivity index (χ0v) is 19.6. The minimum atomic E-state index is -0.225. The minimum Gasteiger partial charge on any atom is -0.385 e. The zero-order valence-electron chi connectivity index (χ0n) is 19.6. The van der Waals surface area contributed by atoms with Gasteiger partial charge in [0.15, 0.2) is 0 Å². The van der Waals surface area contributed by atoms with Crippen LogP contribution >= 0.6 is 0 Å². The molecule has 4 bridgehead atoms. The first-order valence-electron chi connectivity index (χ1n) is 12.5. The largest absolute Gasteiger partial charge is 0.385 e. The molecule has 2 amide bonds. The van der Waals surface area contributed by atoms with Crippen LogP contribution in [-0.2, 0) is 17.8 Å². The molecule has 33 heavy (non-hydrogen) atoms. The number of hydrogen-bond donors (Lipinski definition) is 1. The number of nitrogens with one attached hydrogen (secondary N) is 1. The number of rotatable bonds is 9. The van der Waals surface area contributed by atoms with Crippen LogP contribution < -0.4 is 5.32 Å². The van der Waals surface area contributed by atoms with Crippen molar-refractivity contribution in [1.29, 1.82) is 0 Å². The molecule has 0 unspecified atom stereocenters. The molecule has 1 aromatic heterocycles. The highest BCUT2D eigenvalue weighted by Crippen LogP contribution is 2.55. The van der Waals surface area contributed by atoms with Crippen LogP contribution in [0.25, 0.3) is 0 Å². The van der Waals surface area contributed by atoms with Crippen LogP contribution in [0.15, 0.2) is 42.6 Å². The van der Waals surface area contributed by atoms with Gasteiger partial charge in [0.05, 0.1) is 6.54 Å². The van der Waals surface area contributed by atoms with Crippen molar-refractivity contribution in [3.05, 3.63) is 59.7 Å². The van der Waals surface area contributed by atoms with Gasteiger partial charge in [-0.25, -0.2) is 9.18 Å². The van der Waals surface area contributed by atoms with Gasteiger partial charge in [-0.1, -0.05) is 12.1 Å². The number of benzene rings is 1. The van der Waals surface area contributed by atoms with E-state index < -0.39 is 0 Å². The molecule has 1 heterocycles. The average molecular weight is 454 g/mol. The molecule has 4 saturated carbocycles. The Hall–Kier alpha value is -2.34. The Morgan fingerprint density at radius 1 is 1.15 bits per heavy atom. The van der Waals surface area contributed by atoms with E-state index in [1.165, 1.54) is 25.3 Å². The molecule has 6 heteroatoms. The fourth-order valence-corrected chi connectivity index (χ4v) is 7.00. The molecule has 0 spiro atoms. The van der Waals surface area contributed by atoms with Crippen molar-refractivity contribution in [2.45, 2.75) is 63.6 Å². The Labute approximate surface area is 196 Å². The number of carbonyl (C=O) groups is 1. The van der Waals surface area contributed by atoms with Crippen molar-refractivity contribution in [3.8, 4) is 0 Å². The maximum absolute atomic E-state index is 13.7. The summed E-state index contributed by atoms with van der Waals surface area (Å²) in [6.45, 7) is 2.40. The van der Waals surface area contributed by atoms with E-state index in [9.17, 15) is 9.18 Å². The molecule has 0 aliphatic heterocycles. The van der Waals surface area contributed by atoms with Gasteiger partial charge in [0.1, 0.15) is 5.82 Å².